The largest absolute Gasteiger partial charge is 0.353 e. The summed E-state index contributed by atoms with van der Waals surface area (Å²) in [4.78, 5) is 14.2. The average molecular weight is 227 g/mol. The molecule has 3 N–H and O–H groups in total. The van der Waals surface area contributed by atoms with Crippen LogP contribution >= 0.6 is 0 Å². The molecule has 4 nitrogen and oxygen atoms in total. The standard InChI is InChI=1S/C12H25N3O/c1-4-10(8-13)12(16)14-11-5-6-15(3)9(2)7-11/h9-11H,4-8,13H2,1-3H3,(H,14,16). The predicted octanol–water partition coefficient (Wildman–Crippen LogP) is 0.570. The molecule has 1 saturated heterocycles. The SMILES string of the molecule is CCC(CN)C(=O)NC1CCN(C)C(C)C1. The second kappa shape index (κ2) is 6.21. The molecule has 1 heterocycles. The fourth-order valence-corrected chi connectivity index (χ4v) is 2.20. The molecule has 16 heavy (non-hydrogen) atoms. The van der Waals surface area contributed by atoms with E-state index in [0.717, 1.165) is 25.8 Å². The fourth-order valence-electron chi connectivity index (χ4n) is 2.20. The molecule has 0 aromatic heterocycles. The van der Waals surface area contributed by atoms with Crippen molar-refractivity contribution >= 4 is 5.91 Å². The van der Waals surface area contributed by atoms with Crippen molar-refractivity contribution in [3.8, 4) is 0 Å². The van der Waals surface area contributed by atoms with Gasteiger partial charge in [-0.25, -0.2) is 0 Å². The molecule has 0 aromatic rings. The molecular weight excluding hydrogens is 202 g/mol. The Hall–Kier alpha value is -0.610. The second-order valence-electron chi connectivity index (χ2n) is 4.90. The molecule has 0 spiro atoms. The molecule has 1 rings (SSSR count). The van der Waals surface area contributed by atoms with Crippen LogP contribution in [-0.2, 0) is 4.79 Å². The third kappa shape index (κ3) is 3.46. The lowest BCUT2D eigenvalue weighted by Gasteiger charge is -2.35. The van der Waals surface area contributed by atoms with Crippen LogP contribution in [0.4, 0.5) is 0 Å². The molecule has 0 bridgehead atoms. The molecule has 0 saturated carbocycles. The molecule has 0 radical (unpaired) electrons. The van der Waals surface area contributed by atoms with Gasteiger partial charge in [0.1, 0.15) is 0 Å². The number of piperidine rings is 1. The topological polar surface area (TPSA) is 58.4 Å². The second-order valence-corrected chi connectivity index (χ2v) is 4.90. The van der Waals surface area contributed by atoms with Crippen LogP contribution in [-0.4, -0.2) is 43.0 Å². The van der Waals surface area contributed by atoms with Gasteiger partial charge in [-0.2, -0.15) is 0 Å². The fraction of sp³-hybridized carbons (Fsp3) is 0.917. The Bertz CT molecular complexity index is 228. The third-order valence-corrected chi connectivity index (χ3v) is 3.70. The van der Waals surface area contributed by atoms with Crippen molar-refractivity contribution in [2.75, 3.05) is 20.1 Å². The zero-order chi connectivity index (χ0) is 12.1. The number of amides is 1. The first-order valence-corrected chi connectivity index (χ1v) is 6.29. The quantitative estimate of drug-likeness (QED) is 0.738. The van der Waals surface area contributed by atoms with Gasteiger partial charge < -0.3 is 16.0 Å². The maximum atomic E-state index is 11.9. The Morgan fingerprint density at radius 3 is 2.81 bits per heavy atom. The monoisotopic (exact) mass is 227 g/mol. The highest BCUT2D eigenvalue weighted by atomic mass is 16.1. The van der Waals surface area contributed by atoms with Crippen LogP contribution in [0.1, 0.15) is 33.1 Å². The minimum Gasteiger partial charge on any atom is -0.353 e. The summed E-state index contributed by atoms with van der Waals surface area (Å²) in [5.41, 5.74) is 5.57. The van der Waals surface area contributed by atoms with Crippen molar-refractivity contribution in [3.63, 3.8) is 0 Å². The summed E-state index contributed by atoms with van der Waals surface area (Å²) in [6.45, 7) is 5.73. The Morgan fingerprint density at radius 2 is 2.31 bits per heavy atom. The zero-order valence-corrected chi connectivity index (χ0v) is 10.7. The van der Waals surface area contributed by atoms with Gasteiger partial charge in [0.2, 0.25) is 5.91 Å². The first-order chi connectivity index (χ1) is 7.58. The number of nitrogens with two attached hydrogens (primary N) is 1. The van der Waals surface area contributed by atoms with Crippen molar-refractivity contribution in [2.24, 2.45) is 11.7 Å². The molecule has 1 aliphatic rings. The van der Waals surface area contributed by atoms with E-state index in [2.05, 4.69) is 24.2 Å². The van der Waals surface area contributed by atoms with Gasteiger partial charge in [0.25, 0.3) is 0 Å². The Balaban J connectivity index is 2.40. The van der Waals surface area contributed by atoms with Gasteiger partial charge in [-0.15, -0.1) is 0 Å². The number of carbonyl (C=O) groups excluding carboxylic acids is 1. The highest BCUT2D eigenvalue weighted by Gasteiger charge is 2.25. The lowest BCUT2D eigenvalue weighted by Crippen LogP contribution is -2.49. The predicted molar refractivity (Wildman–Crippen MR) is 66.1 cm³/mol. The molecule has 94 valence electrons. The van der Waals surface area contributed by atoms with Gasteiger partial charge in [-0.1, -0.05) is 6.92 Å². The third-order valence-electron chi connectivity index (χ3n) is 3.70. The molecule has 3 unspecified atom stereocenters. The van der Waals surface area contributed by atoms with Crippen LogP contribution in [0.5, 0.6) is 0 Å². The van der Waals surface area contributed by atoms with E-state index in [1.165, 1.54) is 0 Å². The Labute approximate surface area is 98.6 Å². The molecule has 0 aliphatic carbocycles. The number of nitrogens with one attached hydrogen (secondary N) is 1. The van der Waals surface area contributed by atoms with E-state index in [4.69, 9.17) is 5.73 Å². The zero-order valence-electron chi connectivity index (χ0n) is 10.7. The smallest absolute Gasteiger partial charge is 0.224 e. The van der Waals surface area contributed by atoms with Gasteiger partial charge >= 0.3 is 0 Å². The molecule has 0 aromatic carbocycles. The molecule has 4 heteroatoms. The van der Waals surface area contributed by atoms with E-state index in [1.54, 1.807) is 0 Å². The van der Waals surface area contributed by atoms with Gasteiger partial charge in [0.15, 0.2) is 0 Å². The summed E-state index contributed by atoms with van der Waals surface area (Å²) in [7, 11) is 2.14. The first kappa shape index (κ1) is 13.5. The summed E-state index contributed by atoms with van der Waals surface area (Å²) >= 11 is 0. The Morgan fingerprint density at radius 1 is 1.62 bits per heavy atom. The van der Waals surface area contributed by atoms with E-state index in [9.17, 15) is 4.79 Å². The highest BCUT2D eigenvalue weighted by Crippen LogP contribution is 2.15. The first-order valence-electron chi connectivity index (χ1n) is 6.29. The molecular formula is C12H25N3O. The molecule has 1 aliphatic heterocycles. The van der Waals surface area contributed by atoms with E-state index >= 15 is 0 Å². The number of hydrogen-bond acceptors (Lipinski definition) is 3. The van der Waals surface area contributed by atoms with Crippen LogP contribution in [0.25, 0.3) is 0 Å². The van der Waals surface area contributed by atoms with Gasteiger partial charge in [-0.3, -0.25) is 4.79 Å². The lowest BCUT2D eigenvalue weighted by molar-refractivity contribution is -0.125. The number of rotatable bonds is 4. The highest BCUT2D eigenvalue weighted by molar-refractivity contribution is 5.79. The summed E-state index contributed by atoms with van der Waals surface area (Å²) in [5, 5.41) is 3.13. The van der Waals surface area contributed by atoms with Crippen LogP contribution in [0.15, 0.2) is 0 Å². The van der Waals surface area contributed by atoms with Crippen LogP contribution < -0.4 is 11.1 Å². The summed E-state index contributed by atoms with van der Waals surface area (Å²) < 4.78 is 0. The normalized spacial score (nSPS) is 28.8. The van der Waals surface area contributed by atoms with E-state index < -0.39 is 0 Å². The minimum absolute atomic E-state index is 0.0186. The van der Waals surface area contributed by atoms with Crippen LogP contribution in [0, 0.1) is 5.92 Å². The van der Waals surface area contributed by atoms with Crippen molar-refractivity contribution in [3.05, 3.63) is 0 Å². The van der Waals surface area contributed by atoms with Crippen LogP contribution in [0.2, 0.25) is 0 Å². The average Bonchev–Trinajstić information content (AvgIpc) is 2.25. The molecule has 3 atom stereocenters. The van der Waals surface area contributed by atoms with Crippen molar-refractivity contribution in [1.82, 2.24) is 10.2 Å². The lowest BCUT2D eigenvalue weighted by atomic mass is 9.97. The number of carbonyl (C=O) groups is 1. The summed E-state index contributed by atoms with van der Waals surface area (Å²) in [6.07, 6.45) is 2.92. The maximum absolute atomic E-state index is 11.9. The number of hydrogen-bond donors (Lipinski definition) is 2. The van der Waals surface area contributed by atoms with Crippen molar-refractivity contribution < 1.29 is 4.79 Å². The maximum Gasteiger partial charge on any atom is 0.224 e. The number of nitrogens with zero attached hydrogens (tertiary/aromatic N) is 1. The van der Waals surface area contributed by atoms with Crippen molar-refractivity contribution in [1.29, 1.82) is 0 Å². The molecule has 1 amide bonds. The summed E-state index contributed by atoms with van der Waals surface area (Å²) in [6, 6.07) is 0.885. The van der Waals surface area contributed by atoms with E-state index in [-0.39, 0.29) is 11.8 Å². The summed E-state index contributed by atoms with van der Waals surface area (Å²) in [5.74, 6) is 0.113. The molecule has 1 fully saturated rings. The van der Waals surface area contributed by atoms with E-state index in [1.807, 2.05) is 6.92 Å². The van der Waals surface area contributed by atoms with Gasteiger partial charge in [0, 0.05) is 31.1 Å². The van der Waals surface area contributed by atoms with Gasteiger partial charge in [-0.05, 0) is 33.2 Å². The van der Waals surface area contributed by atoms with Crippen molar-refractivity contribution in [2.45, 2.75) is 45.2 Å². The van der Waals surface area contributed by atoms with Gasteiger partial charge in [0.05, 0.1) is 0 Å². The number of likely N-dealkylation sites (tertiary alicyclic amines) is 1. The Kier molecular flexibility index (Phi) is 5.22. The minimum atomic E-state index is -0.0186. The van der Waals surface area contributed by atoms with Crippen LogP contribution in [0.3, 0.4) is 0 Å². The van der Waals surface area contributed by atoms with E-state index in [0.29, 0.717) is 18.6 Å².